The zero-order valence-corrected chi connectivity index (χ0v) is 16.9. The second kappa shape index (κ2) is 8.48. The molecule has 7 nitrogen and oxygen atoms in total. The van der Waals surface area contributed by atoms with Gasteiger partial charge in [0.25, 0.3) is 18.2 Å². The van der Waals surface area contributed by atoms with Crippen LogP contribution in [0.15, 0.2) is 42.7 Å². The number of carbonyl (C=O) groups is 2. The van der Waals surface area contributed by atoms with Gasteiger partial charge in [-0.25, -0.2) is 17.6 Å². The van der Waals surface area contributed by atoms with E-state index in [-0.39, 0.29) is 30.3 Å². The molecule has 2 atom stereocenters. The Morgan fingerprint density at radius 1 is 1.19 bits per heavy atom. The summed E-state index contributed by atoms with van der Waals surface area (Å²) >= 11 is 0. The average Bonchev–Trinajstić information content (AvgIpc) is 3.47. The number of alkyl halides is 2. The molecular weight excluding hydrogens is 430 g/mol. The van der Waals surface area contributed by atoms with Crippen molar-refractivity contribution >= 4 is 11.8 Å². The molecule has 32 heavy (non-hydrogen) atoms. The van der Waals surface area contributed by atoms with E-state index in [0.29, 0.717) is 0 Å². The molecule has 0 bridgehead atoms. The molecule has 0 spiro atoms. The number of halogens is 4. The minimum absolute atomic E-state index is 0.0284. The fourth-order valence-corrected chi connectivity index (χ4v) is 3.93. The normalized spacial score (nSPS) is 18.4. The summed E-state index contributed by atoms with van der Waals surface area (Å²) in [5.41, 5.74) is -0.0729. The van der Waals surface area contributed by atoms with Gasteiger partial charge in [-0.05, 0) is 24.3 Å². The Labute approximate surface area is 180 Å². The van der Waals surface area contributed by atoms with Crippen LogP contribution in [-0.2, 0) is 7.05 Å². The molecule has 0 aliphatic carbocycles. The van der Waals surface area contributed by atoms with Crippen molar-refractivity contribution in [1.29, 1.82) is 0 Å². The first-order valence-corrected chi connectivity index (χ1v) is 9.74. The van der Waals surface area contributed by atoms with Gasteiger partial charge in [-0.3, -0.25) is 14.3 Å². The summed E-state index contributed by atoms with van der Waals surface area (Å²) in [4.78, 5) is 29.5. The van der Waals surface area contributed by atoms with Crippen molar-refractivity contribution in [3.63, 3.8) is 0 Å². The Hall–Kier alpha value is -3.63. The van der Waals surface area contributed by atoms with Gasteiger partial charge < -0.3 is 15.2 Å². The third-order valence-electron chi connectivity index (χ3n) is 5.54. The summed E-state index contributed by atoms with van der Waals surface area (Å²) in [5.74, 6) is -3.20. The van der Waals surface area contributed by atoms with Crippen LogP contribution in [0.5, 0.6) is 0 Å². The number of aryl methyl sites for hydroxylation is 1. The van der Waals surface area contributed by atoms with E-state index in [0.717, 1.165) is 36.2 Å². The molecule has 1 saturated heterocycles. The lowest BCUT2D eigenvalue weighted by Crippen LogP contribution is -2.41. The largest absolute Gasteiger partial charge is 0.355 e. The molecule has 1 fully saturated rings. The molecule has 11 heteroatoms. The molecule has 168 valence electrons. The summed E-state index contributed by atoms with van der Waals surface area (Å²) in [5, 5.41) is 6.93. The van der Waals surface area contributed by atoms with Crippen molar-refractivity contribution in [3.05, 3.63) is 76.9 Å². The van der Waals surface area contributed by atoms with Gasteiger partial charge >= 0.3 is 0 Å². The van der Waals surface area contributed by atoms with Crippen molar-refractivity contribution in [2.24, 2.45) is 7.05 Å². The summed E-state index contributed by atoms with van der Waals surface area (Å²) in [6.07, 6.45) is -0.356. The molecule has 2 amide bonds. The van der Waals surface area contributed by atoms with E-state index in [1.54, 1.807) is 24.0 Å². The maximum Gasteiger partial charge on any atom is 0.268 e. The van der Waals surface area contributed by atoms with Gasteiger partial charge in [-0.2, -0.15) is 5.10 Å². The number of hydrogen-bond donors (Lipinski definition) is 2. The third kappa shape index (κ3) is 4.10. The number of amides is 2. The van der Waals surface area contributed by atoms with Gasteiger partial charge in [0, 0.05) is 55.8 Å². The molecule has 3 heterocycles. The van der Waals surface area contributed by atoms with E-state index in [1.807, 2.05) is 0 Å². The maximum absolute atomic E-state index is 14.0. The molecule has 3 aromatic rings. The Bertz CT molecular complexity index is 1160. The van der Waals surface area contributed by atoms with Crippen LogP contribution in [0.4, 0.5) is 17.6 Å². The second-order valence-corrected chi connectivity index (χ2v) is 7.54. The zero-order chi connectivity index (χ0) is 23.0. The number of H-pyrrole nitrogens is 1. The highest BCUT2D eigenvalue weighted by molar-refractivity contribution is 5.95. The summed E-state index contributed by atoms with van der Waals surface area (Å²) in [6.45, 7) is 0.266. The molecule has 0 unspecified atom stereocenters. The van der Waals surface area contributed by atoms with Crippen LogP contribution in [0, 0.1) is 11.6 Å². The lowest BCUT2D eigenvalue weighted by molar-refractivity contribution is 0.0781. The Morgan fingerprint density at radius 3 is 2.56 bits per heavy atom. The van der Waals surface area contributed by atoms with Gasteiger partial charge in [-0.15, -0.1) is 0 Å². The number of nitrogens with one attached hydrogen (secondary N) is 2. The van der Waals surface area contributed by atoms with Crippen molar-refractivity contribution in [3.8, 4) is 0 Å². The van der Waals surface area contributed by atoms with Crippen molar-refractivity contribution < 1.29 is 27.2 Å². The van der Waals surface area contributed by atoms with Gasteiger partial charge in [-0.1, -0.05) is 0 Å². The first kappa shape index (κ1) is 21.6. The number of aromatic amines is 1. The van der Waals surface area contributed by atoms with Crippen molar-refractivity contribution in [1.82, 2.24) is 25.0 Å². The fraction of sp³-hybridized carbons (Fsp3) is 0.286. The van der Waals surface area contributed by atoms with E-state index in [4.69, 9.17) is 0 Å². The number of benzene rings is 1. The SMILES string of the molecule is Cn1nccc1[C@@H]1CN(C(=O)c2ccc(C(F)F)c(F)c2)C[C@H]1NC(=O)c1cc(F)c[nH]1. The van der Waals surface area contributed by atoms with Gasteiger partial charge in [0.05, 0.1) is 11.6 Å². The predicted octanol–water partition coefficient (Wildman–Crippen LogP) is 3.00. The summed E-state index contributed by atoms with van der Waals surface area (Å²) < 4.78 is 54.5. The van der Waals surface area contributed by atoms with Crippen molar-refractivity contribution in [2.45, 2.75) is 18.4 Å². The molecule has 1 aromatic carbocycles. The molecule has 1 aliphatic heterocycles. The molecule has 1 aliphatic rings. The first-order chi connectivity index (χ1) is 15.2. The molecule has 2 N–H and O–H groups in total. The minimum atomic E-state index is -2.99. The van der Waals surface area contributed by atoms with Gasteiger partial charge in [0.2, 0.25) is 0 Å². The topological polar surface area (TPSA) is 83.0 Å². The molecule has 0 radical (unpaired) electrons. The standard InChI is InChI=1S/C21H19F4N5O2/c1-29-18(4-5-27-29)14-9-30(10-17(14)28-20(31)16-7-12(22)8-26-16)21(32)11-2-3-13(19(24)25)15(23)6-11/h2-8,14,17,19,26H,9-10H2,1H3,(H,28,31)/t14-,17-/m1/s1. The monoisotopic (exact) mass is 449 g/mol. The predicted molar refractivity (Wildman–Crippen MR) is 105 cm³/mol. The number of aromatic nitrogens is 3. The van der Waals surface area contributed by atoms with Gasteiger partial charge in [0.15, 0.2) is 0 Å². The zero-order valence-electron chi connectivity index (χ0n) is 16.9. The number of rotatable bonds is 5. The van der Waals surface area contributed by atoms with Crippen LogP contribution in [0.2, 0.25) is 0 Å². The summed E-state index contributed by atoms with van der Waals surface area (Å²) in [6, 6.07) is 5.10. The van der Waals surface area contributed by atoms with Crippen molar-refractivity contribution in [2.75, 3.05) is 13.1 Å². The second-order valence-electron chi connectivity index (χ2n) is 7.54. The minimum Gasteiger partial charge on any atom is -0.355 e. The highest BCUT2D eigenvalue weighted by Gasteiger charge is 2.39. The van der Waals surface area contributed by atoms with Crippen LogP contribution in [0.25, 0.3) is 0 Å². The Balaban J connectivity index is 1.58. The molecule has 2 aromatic heterocycles. The van der Waals surface area contributed by atoms with Gasteiger partial charge in [0.1, 0.15) is 17.3 Å². The maximum atomic E-state index is 14.0. The van der Waals surface area contributed by atoms with Crippen LogP contribution in [0.3, 0.4) is 0 Å². The Kier molecular flexibility index (Phi) is 5.72. The van der Waals surface area contributed by atoms with E-state index in [1.165, 1.54) is 4.90 Å². The number of nitrogens with zero attached hydrogens (tertiary/aromatic N) is 3. The van der Waals surface area contributed by atoms with Crippen LogP contribution >= 0.6 is 0 Å². The summed E-state index contributed by atoms with van der Waals surface area (Å²) in [7, 11) is 1.72. The van der Waals surface area contributed by atoms with Crippen LogP contribution in [0.1, 0.15) is 44.4 Å². The molecule has 0 saturated carbocycles. The lowest BCUT2D eigenvalue weighted by Gasteiger charge is -2.19. The highest BCUT2D eigenvalue weighted by Crippen LogP contribution is 2.30. The van der Waals surface area contributed by atoms with Crippen LogP contribution in [-0.4, -0.2) is 50.6 Å². The quantitative estimate of drug-likeness (QED) is 0.588. The number of hydrogen-bond acceptors (Lipinski definition) is 3. The third-order valence-corrected chi connectivity index (χ3v) is 5.54. The van der Waals surface area contributed by atoms with E-state index in [9.17, 15) is 27.2 Å². The smallest absolute Gasteiger partial charge is 0.268 e. The molecular formula is C21H19F4N5O2. The fourth-order valence-electron chi connectivity index (χ4n) is 3.93. The lowest BCUT2D eigenvalue weighted by atomic mass is 9.99. The van der Waals surface area contributed by atoms with Crippen LogP contribution < -0.4 is 5.32 Å². The number of likely N-dealkylation sites (tertiary alicyclic amines) is 1. The van der Waals surface area contributed by atoms with E-state index >= 15 is 0 Å². The number of carbonyl (C=O) groups excluding carboxylic acids is 2. The van der Waals surface area contributed by atoms with E-state index in [2.05, 4.69) is 15.4 Å². The first-order valence-electron chi connectivity index (χ1n) is 9.74. The molecule has 4 rings (SSSR count). The average molecular weight is 449 g/mol. The Morgan fingerprint density at radius 2 is 1.97 bits per heavy atom. The van der Waals surface area contributed by atoms with E-state index < -0.39 is 41.5 Å². The highest BCUT2D eigenvalue weighted by atomic mass is 19.3.